The minimum Gasteiger partial charge on any atom is -0.478 e. The molecule has 1 heterocycles. The van der Waals surface area contributed by atoms with E-state index in [1.165, 1.54) is 12.1 Å². The van der Waals surface area contributed by atoms with Gasteiger partial charge in [0, 0.05) is 17.1 Å². The van der Waals surface area contributed by atoms with Gasteiger partial charge in [-0.25, -0.2) is 9.18 Å². The molecule has 3 nitrogen and oxygen atoms in total. The van der Waals surface area contributed by atoms with Gasteiger partial charge in [-0.15, -0.1) is 0 Å². The number of halogens is 1. The summed E-state index contributed by atoms with van der Waals surface area (Å²) in [5, 5.41) is 10.3. The number of aryl methyl sites for hydroxylation is 1. The SMILES string of the molecule is CCc1cc(-c2ccc3ncc(-c4cccc(F)c4)cc3c2)ccc1C(=O)O. The fourth-order valence-corrected chi connectivity index (χ4v) is 3.41. The van der Waals surface area contributed by atoms with Crippen molar-refractivity contribution < 1.29 is 14.3 Å². The molecule has 0 atom stereocenters. The molecule has 4 aromatic rings. The second kappa shape index (κ2) is 7.24. The van der Waals surface area contributed by atoms with Crippen LogP contribution < -0.4 is 0 Å². The van der Waals surface area contributed by atoms with Crippen LogP contribution >= 0.6 is 0 Å². The van der Waals surface area contributed by atoms with Gasteiger partial charge in [-0.2, -0.15) is 0 Å². The summed E-state index contributed by atoms with van der Waals surface area (Å²) >= 11 is 0. The van der Waals surface area contributed by atoms with Crippen LogP contribution in [0.4, 0.5) is 4.39 Å². The van der Waals surface area contributed by atoms with E-state index in [1.807, 2.05) is 49.4 Å². The summed E-state index contributed by atoms with van der Waals surface area (Å²) in [6.45, 7) is 1.95. The first-order valence-electron chi connectivity index (χ1n) is 9.07. The highest BCUT2D eigenvalue weighted by Gasteiger charge is 2.11. The molecule has 0 aliphatic rings. The smallest absolute Gasteiger partial charge is 0.335 e. The predicted molar refractivity (Wildman–Crippen MR) is 109 cm³/mol. The van der Waals surface area contributed by atoms with E-state index in [0.29, 0.717) is 12.0 Å². The van der Waals surface area contributed by atoms with E-state index in [1.54, 1.807) is 18.3 Å². The highest BCUT2D eigenvalue weighted by Crippen LogP contribution is 2.29. The Morgan fingerprint density at radius 2 is 1.64 bits per heavy atom. The molecule has 4 heteroatoms. The van der Waals surface area contributed by atoms with Crippen LogP contribution in [0.25, 0.3) is 33.2 Å². The zero-order valence-corrected chi connectivity index (χ0v) is 15.3. The van der Waals surface area contributed by atoms with E-state index in [4.69, 9.17) is 0 Å². The second-order valence-corrected chi connectivity index (χ2v) is 6.67. The Bertz CT molecular complexity index is 1200. The lowest BCUT2D eigenvalue weighted by Crippen LogP contribution is -2.01. The van der Waals surface area contributed by atoms with E-state index in [2.05, 4.69) is 4.98 Å². The van der Waals surface area contributed by atoms with Gasteiger partial charge >= 0.3 is 5.97 Å². The van der Waals surface area contributed by atoms with Gasteiger partial charge in [0.25, 0.3) is 0 Å². The van der Waals surface area contributed by atoms with Crippen molar-refractivity contribution in [3.8, 4) is 22.3 Å². The number of rotatable bonds is 4. The van der Waals surface area contributed by atoms with Gasteiger partial charge in [0.05, 0.1) is 11.1 Å². The summed E-state index contributed by atoms with van der Waals surface area (Å²) in [6, 6.07) is 19.8. The third-order valence-corrected chi connectivity index (χ3v) is 4.89. The summed E-state index contributed by atoms with van der Waals surface area (Å²) in [5.41, 5.74) is 5.55. The third kappa shape index (κ3) is 3.37. The number of nitrogens with zero attached hydrogens (tertiary/aromatic N) is 1. The normalized spacial score (nSPS) is 10.9. The summed E-state index contributed by atoms with van der Waals surface area (Å²) < 4.78 is 13.6. The van der Waals surface area contributed by atoms with Crippen molar-refractivity contribution in [2.45, 2.75) is 13.3 Å². The number of hydrogen-bond acceptors (Lipinski definition) is 2. The molecule has 0 saturated heterocycles. The molecule has 3 aromatic carbocycles. The number of fused-ring (bicyclic) bond motifs is 1. The molecule has 0 aliphatic heterocycles. The Morgan fingerprint density at radius 3 is 2.39 bits per heavy atom. The Hall–Kier alpha value is -3.53. The molecule has 0 unspecified atom stereocenters. The Morgan fingerprint density at radius 1 is 0.929 bits per heavy atom. The van der Waals surface area contributed by atoms with Crippen LogP contribution in [0.15, 0.2) is 72.9 Å². The van der Waals surface area contributed by atoms with E-state index >= 15 is 0 Å². The molecule has 1 aromatic heterocycles. The number of carbonyl (C=O) groups is 1. The molecule has 0 aliphatic carbocycles. The van der Waals surface area contributed by atoms with Crippen molar-refractivity contribution >= 4 is 16.9 Å². The number of benzene rings is 3. The molecule has 1 N–H and O–H groups in total. The van der Waals surface area contributed by atoms with Gasteiger partial charge in [0.15, 0.2) is 0 Å². The van der Waals surface area contributed by atoms with Crippen molar-refractivity contribution in [3.63, 3.8) is 0 Å². The first-order valence-corrected chi connectivity index (χ1v) is 9.07. The molecule has 0 saturated carbocycles. The average molecular weight is 371 g/mol. The van der Waals surface area contributed by atoms with E-state index < -0.39 is 5.97 Å². The lowest BCUT2D eigenvalue weighted by atomic mass is 9.96. The molecule has 0 radical (unpaired) electrons. The molecule has 0 spiro atoms. The summed E-state index contributed by atoms with van der Waals surface area (Å²) in [6.07, 6.45) is 2.39. The van der Waals surface area contributed by atoms with E-state index in [9.17, 15) is 14.3 Å². The van der Waals surface area contributed by atoms with Crippen molar-refractivity contribution in [2.24, 2.45) is 0 Å². The minimum atomic E-state index is -0.911. The standard InChI is InChI=1S/C24H18FNO2/c1-2-15-10-17(6-8-22(15)24(27)28)18-7-9-23-19(11-18)12-20(14-26-23)16-4-3-5-21(25)13-16/h3-14H,2H2,1H3,(H,27,28). The fraction of sp³-hybridized carbons (Fsp3) is 0.0833. The molecular weight excluding hydrogens is 353 g/mol. The van der Waals surface area contributed by atoms with Crippen LogP contribution in [0.1, 0.15) is 22.8 Å². The first-order chi connectivity index (χ1) is 13.5. The predicted octanol–water partition coefficient (Wildman–Crippen LogP) is 5.97. The highest BCUT2D eigenvalue weighted by molar-refractivity contribution is 5.91. The van der Waals surface area contributed by atoms with Crippen LogP contribution in [0, 0.1) is 5.82 Å². The summed E-state index contributed by atoms with van der Waals surface area (Å²) in [4.78, 5) is 15.9. The van der Waals surface area contributed by atoms with E-state index in [0.717, 1.165) is 38.7 Å². The zero-order chi connectivity index (χ0) is 19.7. The Kier molecular flexibility index (Phi) is 4.62. The topological polar surface area (TPSA) is 50.2 Å². The number of hydrogen-bond donors (Lipinski definition) is 1. The molecule has 0 bridgehead atoms. The number of aromatic nitrogens is 1. The second-order valence-electron chi connectivity index (χ2n) is 6.67. The van der Waals surface area contributed by atoms with Gasteiger partial charge in [0.1, 0.15) is 5.82 Å². The van der Waals surface area contributed by atoms with Gasteiger partial charge < -0.3 is 5.11 Å². The van der Waals surface area contributed by atoms with Gasteiger partial charge in [-0.3, -0.25) is 4.98 Å². The van der Waals surface area contributed by atoms with Gasteiger partial charge in [0.2, 0.25) is 0 Å². The van der Waals surface area contributed by atoms with Crippen LogP contribution in [0.5, 0.6) is 0 Å². The quantitative estimate of drug-likeness (QED) is 0.481. The number of carboxylic acid groups (broad SMARTS) is 1. The van der Waals surface area contributed by atoms with Crippen molar-refractivity contribution in [1.82, 2.24) is 4.98 Å². The number of aromatic carboxylic acids is 1. The van der Waals surface area contributed by atoms with Crippen molar-refractivity contribution in [2.75, 3.05) is 0 Å². The molecule has 0 fully saturated rings. The average Bonchev–Trinajstić information content (AvgIpc) is 2.72. The monoisotopic (exact) mass is 371 g/mol. The van der Waals surface area contributed by atoms with Crippen molar-refractivity contribution in [1.29, 1.82) is 0 Å². The Balaban J connectivity index is 1.80. The first kappa shape index (κ1) is 17.9. The largest absolute Gasteiger partial charge is 0.478 e. The lowest BCUT2D eigenvalue weighted by Gasteiger charge is -2.09. The van der Waals surface area contributed by atoms with E-state index in [-0.39, 0.29) is 5.82 Å². The maximum Gasteiger partial charge on any atom is 0.335 e. The van der Waals surface area contributed by atoms with Gasteiger partial charge in [-0.05, 0) is 65.1 Å². The molecule has 4 rings (SSSR count). The number of pyridine rings is 1. The third-order valence-electron chi connectivity index (χ3n) is 4.89. The maximum absolute atomic E-state index is 13.6. The fourth-order valence-electron chi connectivity index (χ4n) is 3.41. The zero-order valence-electron chi connectivity index (χ0n) is 15.3. The lowest BCUT2D eigenvalue weighted by molar-refractivity contribution is 0.0695. The van der Waals surface area contributed by atoms with Crippen molar-refractivity contribution in [3.05, 3.63) is 89.9 Å². The Labute approximate surface area is 162 Å². The molecule has 0 amide bonds. The number of carboxylic acids is 1. The maximum atomic E-state index is 13.6. The van der Waals surface area contributed by atoms with Crippen LogP contribution in [-0.4, -0.2) is 16.1 Å². The summed E-state index contributed by atoms with van der Waals surface area (Å²) in [5.74, 6) is -1.19. The highest BCUT2D eigenvalue weighted by atomic mass is 19.1. The van der Waals surface area contributed by atoms with Crippen LogP contribution in [0.3, 0.4) is 0 Å². The summed E-state index contributed by atoms with van der Waals surface area (Å²) in [7, 11) is 0. The molecule has 28 heavy (non-hydrogen) atoms. The molecular formula is C24H18FNO2. The molecule has 138 valence electrons. The minimum absolute atomic E-state index is 0.281. The van der Waals surface area contributed by atoms with Crippen LogP contribution in [0.2, 0.25) is 0 Å². The van der Waals surface area contributed by atoms with Crippen LogP contribution in [-0.2, 0) is 6.42 Å². The van der Waals surface area contributed by atoms with Gasteiger partial charge in [-0.1, -0.05) is 37.3 Å².